The molecule has 1 aromatic heterocycles. The van der Waals surface area contributed by atoms with E-state index in [9.17, 15) is 4.79 Å². The number of carbonyl (C=O) groups excluding carboxylic acids is 1. The molecule has 0 bridgehead atoms. The molecule has 4 rings (SSSR count). The molecular weight excluding hydrogens is 410 g/mol. The molecule has 0 radical (unpaired) electrons. The monoisotopic (exact) mass is 425 g/mol. The Balaban J connectivity index is 1.41. The highest BCUT2D eigenvalue weighted by Gasteiger charge is 2.15. The summed E-state index contributed by atoms with van der Waals surface area (Å²) in [5.74, 6) is 0.906. The normalized spacial score (nSPS) is 13.1. The fourth-order valence-corrected chi connectivity index (χ4v) is 3.18. The molecule has 0 aliphatic carbocycles. The van der Waals surface area contributed by atoms with Gasteiger partial charge in [-0.3, -0.25) is 0 Å². The molecule has 0 atom stereocenters. The van der Waals surface area contributed by atoms with Crippen LogP contribution in [-0.2, 0) is 16.1 Å². The van der Waals surface area contributed by atoms with Crippen LogP contribution in [0.25, 0.3) is 17.0 Å². The highest BCUT2D eigenvalue weighted by molar-refractivity contribution is 9.10. The Kier molecular flexibility index (Phi) is 5.07. The molecule has 1 aliphatic heterocycles. The third kappa shape index (κ3) is 4.11. The van der Waals surface area contributed by atoms with Crippen molar-refractivity contribution in [2.24, 2.45) is 0 Å². The van der Waals surface area contributed by atoms with Gasteiger partial charge in [-0.1, -0.05) is 40.2 Å². The molecule has 0 fully saturated rings. The van der Waals surface area contributed by atoms with E-state index >= 15 is 0 Å². The summed E-state index contributed by atoms with van der Waals surface area (Å²) in [5.41, 5.74) is 2.39. The Morgan fingerprint density at radius 3 is 2.74 bits per heavy atom. The first-order valence-electron chi connectivity index (χ1n) is 8.48. The standard InChI is InChI=1S/C21H16BrNO4/c22-17-12-20-19(25-9-10-26-20)11-15(17)13-27-21(24)8-7-16-6-5-14-3-1-2-4-18(14)23-16/h1-8,11-12H,9-10,13H2/b8-7+. The molecular formula is C21H16BrNO4. The number of hydrogen-bond donors (Lipinski definition) is 0. The quantitative estimate of drug-likeness (QED) is 0.454. The number of pyridine rings is 1. The smallest absolute Gasteiger partial charge is 0.331 e. The maximum Gasteiger partial charge on any atom is 0.331 e. The van der Waals surface area contributed by atoms with E-state index in [1.807, 2.05) is 48.5 Å². The number of ether oxygens (including phenoxy) is 3. The largest absolute Gasteiger partial charge is 0.486 e. The Hall–Kier alpha value is -2.86. The van der Waals surface area contributed by atoms with Gasteiger partial charge in [-0.15, -0.1) is 0 Å². The van der Waals surface area contributed by atoms with Gasteiger partial charge in [-0.05, 0) is 30.3 Å². The predicted molar refractivity (Wildman–Crippen MR) is 106 cm³/mol. The van der Waals surface area contributed by atoms with Crippen LogP contribution in [0.3, 0.4) is 0 Å². The molecule has 0 spiro atoms. The number of halogens is 1. The first kappa shape index (κ1) is 17.5. The van der Waals surface area contributed by atoms with Crippen LogP contribution < -0.4 is 9.47 Å². The Morgan fingerprint density at radius 1 is 1.11 bits per heavy atom. The lowest BCUT2D eigenvalue weighted by Gasteiger charge is -2.19. The fourth-order valence-electron chi connectivity index (χ4n) is 2.74. The SMILES string of the molecule is O=C(/C=C/c1ccc2ccccc2n1)OCc1cc2c(cc1Br)OCCO2. The second kappa shape index (κ2) is 7.80. The van der Waals surface area contributed by atoms with E-state index in [2.05, 4.69) is 20.9 Å². The van der Waals surface area contributed by atoms with Crippen molar-refractivity contribution < 1.29 is 19.0 Å². The van der Waals surface area contributed by atoms with Gasteiger partial charge >= 0.3 is 5.97 Å². The second-order valence-electron chi connectivity index (χ2n) is 5.96. The minimum atomic E-state index is -0.438. The van der Waals surface area contributed by atoms with Crippen molar-refractivity contribution in [2.75, 3.05) is 13.2 Å². The van der Waals surface area contributed by atoms with Gasteiger partial charge in [0, 0.05) is 21.5 Å². The van der Waals surface area contributed by atoms with E-state index in [0.29, 0.717) is 30.4 Å². The maximum absolute atomic E-state index is 12.0. The number of benzene rings is 2. The fraction of sp³-hybridized carbons (Fsp3) is 0.143. The lowest BCUT2D eigenvalue weighted by molar-refractivity contribution is -0.138. The second-order valence-corrected chi connectivity index (χ2v) is 6.81. The van der Waals surface area contributed by atoms with E-state index in [0.717, 1.165) is 20.9 Å². The first-order valence-corrected chi connectivity index (χ1v) is 9.27. The number of aromatic nitrogens is 1. The Morgan fingerprint density at radius 2 is 1.89 bits per heavy atom. The van der Waals surface area contributed by atoms with Crippen LogP contribution in [0.4, 0.5) is 0 Å². The van der Waals surface area contributed by atoms with Crippen LogP contribution in [0.5, 0.6) is 11.5 Å². The van der Waals surface area contributed by atoms with Gasteiger partial charge in [0.15, 0.2) is 11.5 Å². The van der Waals surface area contributed by atoms with Crippen LogP contribution in [0.15, 0.2) is 59.1 Å². The molecule has 6 heteroatoms. The average Bonchev–Trinajstić information content (AvgIpc) is 2.70. The molecule has 0 amide bonds. The Bertz CT molecular complexity index is 1030. The van der Waals surface area contributed by atoms with Gasteiger partial charge in [-0.25, -0.2) is 9.78 Å². The van der Waals surface area contributed by atoms with Gasteiger partial charge in [0.1, 0.15) is 19.8 Å². The van der Waals surface area contributed by atoms with Crippen LogP contribution in [0.2, 0.25) is 0 Å². The number of para-hydroxylation sites is 1. The zero-order valence-corrected chi connectivity index (χ0v) is 15.9. The summed E-state index contributed by atoms with van der Waals surface area (Å²) in [6.07, 6.45) is 3.02. The Labute approximate surface area is 164 Å². The summed E-state index contributed by atoms with van der Waals surface area (Å²) in [6.45, 7) is 1.17. The molecule has 0 saturated carbocycles. The molecule has 136 valence electrons. The van der Waals surface area contributed by atoms with E-state index < -0.39 is 5.97 Å². The predicted octanol–water partition coefficient (Wildman–Crippen LogP) is 4.53. The van der Waals surface area contributed by atoms with Crippen molar-refractivity contribution in [3.63, 3.8) is 0 Å². The molecule has 5 nitrogen and oxygen atoms in total. The third-order valence-corrected chi connectivity index (χ3v) is 4.83. The highest BCUT2D eigenvalue weighted by atomic mass is 79.9. The van der Waals surface area contributed by atoms with E-state index in [4.69, 9.17) is 14.2 Å². The zero-order valence-electron chi connectivity index (χ0n) is 14.4. The summed E-state index contributed by atoms with van der Waals surface area (Å²) in [7, 11) is 0. The molecule has 27 heavy (non-hydrogen) atoms. The zero-order chi connectivity index (χ0) is 18.6. The number of carbonyl (C=O) groups is 1. The lowest BCUT2D eigenvalue weighted by atomic mass is 10.2. The van der Waals surface area contributed by atoms with Crippen molar-refractivity contribution in [1.82, 2.24) is 4.98 Å². The highest BCUT2D eigenvalue weighted by Crippen LogP contribution is 2.35. The van der Waals surface area contributed by atoms with E-state index in [1.165, 1.54) is 6.08 Å². The number of rotatable bonds is 4. The van der Waals surface area contributed by atoms with Crippen LogP contribution in [-0.4, -0.2) is 24.2 Å². The third-order valence-electron chi connectivity index (χ3n) is 4.09. The van der Waals surface area contributed by atoms with E-state index in [1.54, 1.807) is 6.08 Å². The van der Waals surface area contributed by atoms with Crippen molar-refractivity contribution in [3.8, 4) is 11.5 Å². The van der Waals surface area contributed by atoms with Crippen LogP contribution in [0, 0.1) is 0 Å². The van der Waals surface area contributed by atoms with Gasteiger partial charge in [0.2, 0.25) is 0 Å². The van der Waals surface area contributed by atoms with Crippen molar-refractivity contribution in [3.05, 3.63) is 70.3 Å². The molecule has 2 heterocycles. The first-order chi connectivity index (χ1) is 13.2. The number of esters is 1. The molecule has 0 saturated heterocycles. The topological polar surface area (TPSA) is 57.7 Å². The summed E-state index contributed by atoms with van der Waals surface area (Å²) >= 11 is 3.47. The number of hydrogen-bond acceptors (Lipinski definition) is 5. The van der Waals surface area contributed by atoms with Crippen molar-refractivity contribution in [2.45, 2.75) is 6.61 Å². The molecule has 3 aromatic rings. The van der Waals surface area contributed by atoms with E-state index in [-0.39, 0.29) is 6.61 Å². The summed E-state index contributed by atoms with van der Waals surface area (Å²) in [4.78, 5) is 16.5. The summed E-state index contributed by atoms with van der Waals surface area (Å²) in [6, 6.07) is 15.3. The van der Waals surface area contributed by atoms with Gasteiger partial charge < -0.3 is 14.2 Å². The summed E-state index contributed by atoms with van der Waals surface area (Å²) in [5, 5.41) is 1.06. The molecule has 1 aliphatic rings. The average molecular weight is 426 g/mol. The number of nitrogens with zero attached hydrogens (tertiary/aromatic N) is 1. The minimum Gasteiger partial charge on any atom is -0.486 e. The lowest BCUT2D eigenvalue weighted by Crippen LogP contribution is -2.15. The van der Waals surface area contributed by atoms with Crippen molar-refractivity contribution in [1.29, 1.82) is 0 Å². The molecule has 2 aromatic carbocycles. The van der Waals surface area contributed by atoms with Gasteiger partial charge in [-0.2, -0.15) is 0 Å². The van der Waals surface area contributed by atoms with Gasteiger partial charge in [0.25, 0.3) is 0 Å². The molecule has 0 unspecified atom stereocenters. The number of fused-ring (bicyclic) bond motifs is 2. The van der Waals surface area contributed by atoms with Gasteiger partial charge in [0.05, 0.1) is 11.2 Å². The summed E-state index contributed by atoms with van der Waals surface area (Å²) < 4.78 is 17.2. The van der Waals surface area contributed by atoms with Crippen LogP contribution in [0.1, 0.15) is 11.3 Å². The van der Waals surface area contributed by atoms with Crippen molar-refractivity contribution >= 4 is 38.9 Å². The minimum absolute atomic E-state index is 0.131. The molecule has 0 N–H and O–H groups in total. The maximum atomic E-state index is 12.0. The van der Waals surface area contributed by atoms with Crippen LogP contribution >= 0.6 is 15.9 Å².